The third-order valence-electron chi connectivity index (χ3n) is 3.35. The van der Waals surface area contributed by atoms with Crippen LogP contribution in [0.5, 0.6) is 0 Å². The van der Waals surface area contributed by atoms with E-state index in [4.69, 9.17) is 11.6 Å². The molecule has 2 N–H and O–H groups in total. The molecule has 1 aliphatic rings. The first-order valence-electron chi connectivity index (χ1n) is 6.42. The zero-order valence-corrected chi connectivity index (χ0v) is 11.3. The molecule has 0 bridgehead atoms. The fraction of sp³-hybridized carbons (Fsp3) is 0.500. The maximum atomic E-state index is 11.7. The highest BCUT2D eigenvalue weighted by Crippen LogP contribution is 2.24. The van der Waals surface area contributed by atoms with E-state index in [0.29, 0.717) is 17.6 Å². The number of amides is 1. The largest absolute Gasteiger partial charge is 0.325 e. The Hall–Kier alpha value is -1.06. The molecule has 4 heteroatoms. The predicted octanol–water partition coefficient (Wildman–Crippen LogP) is 3.06. The van der Waals surface area contributed by atoms with Gasteiger partial charge in [-0.05, 0) is 43.4 Å². The molecule has 98 valence electrons. The van der Waals surface area contributed by atoms with Crippen molar-refractivity contribution in [2.45, 2.75) is 32.2 Å². The van der Waals surface area contributed by atoms with Crippen molar-refractivity contribution in [3.63, 3.8) is 0 Å². The van der Waals surface area contributed by atoms with Gasteiger partial charge in [0.25, 0.3) is 0 Å². The van der Waals surface area contributed by atoms with Gasteiger partial charge in [-0.15, -0.1) is 0 Å². The molecule has 1 saturated carbocycles. The highest BCUT2D eigenvalue weighted by Gasteiger charge is 2.21. The molecule has 2 unspecified atom stereocenters. The highest BCUT2D eigenvalue weighted by atomic mass is 35.5. The maximum Gasteiger partial charge on any atom is 0.238 e. The minimum Gasteiger partial charge on any atom is -0.325 e. The third kappa shape index (κ3) is 4.00. The summed E-state index contributed by atoms with van der Waals surface area (Å²) in [5, 5.41) is 6.76. The number of carbonyl (C=O) groups is 1. The van der Waals surface area contributed by atoms with Crippen LogP contribution in [0.2, 0.25) is 5.02 Å². The van der Waals surface area contributed by atoms with E-state index in [9.17, 15) is 4.79 Å². The Balaban J connectivity index is 1.75. The molecule has 0 spiro atoms. The lowest BCUT2D eigenvalue weighted by Crippen LogP contribution is -2.34. The van der Waals surface area contributed by atoms with E-state index in [1.54, 1.807) is 12.1 Å². The number of halogens is 1. The van der Waals surface area contributed by atoms with Crippen molar-refractivity contribution in [3.8, 4) is 0 Å². The first-order valence-corrected chi connectivity index (χ1v) is 6.80. The number of rotatable bonds is 4. The van der Waals surface area contributed by atoms with Crippen molar-refractivity contribution >= 4 is 23.2 Å². The van der Waals surface area contributed by atoms with Crippen LogP contribution >= 0.6 is 11.6 Å². The smallest absolute Gasteiger partial charge is 0.238 e. The molecule has 0 aromatic heterocycles. The summed E-state index contributed by atoms with van der Waals surface area (Å²) in [6, 6.07) is 7.68. The van der Waals surface area contributed by atoms with Crippen LogP contribution in [0.4, 0.5) is 5.69 Å². The van der Waals surface area contributed by atoms with Crippen molar-refractivity contribution in [2.24, 2.45) is 5.92 Å². The van der Waals surface area contributed by atoms with Crippen molar-refractivity contribution in [2.75, 3.05) is 11.9 Å². The Bertz CT molecular complexity index is 422. The minimum absolute atomic E-state index is 0.0168. The highest BCUT2D eigenvalue weighted by molar-refractivity contribution is 6.30. The molecule has 1 amide bonds. The lowest BCUT2D eigenvalue weighted by Gasteiger charge is -2.12. The molecule has 2 atom stereocenters. The average Bonchev–Trinajstić information content (AvgIpc) is 2.73. The number of hydrogen-bond donors (Lipinski definition) is 2. The molecule has 3 nitrogen and oxygen atoms in total. The van der Waals surface area contributed by atoms with Gasteiger partial charge in [-0.2, -0.15) is 0 Å². The van der Waals surface area contributed by atoms with Crippen molar-refractivity contribution < 1.29 is 4.79 Å². The van der Waals surface area contributed by atoms with Gasteiger partial charge in [0, 0.05) is 16.8 Å². The van der Waals surface area contributed by atoms with Crippen LogP contribution in [0, 0.1) is 5.92 Å². The van der Waals surface area contributed by atoms with E-state index in [1.165, 1.54) is 19.3 Å². The summed E-state index contributed by atoms with van der Waals surface area (Å²) in [5.41, 5.74) is 0.745. The summed E-state index contributed by atoms with van der Waals surface area (Å²) in [4.78, 5) is 11.7. The van der Waals surface area contributed by atoms with Crippen LogP contribution in [-0.4, -0.2) is 18.5 Å². The summed E-state index contributed by atoms with van der Waals surface area (Å²) in [7, 11) is 0. The van der Waals surface area contributed by atoms with E-state index in [1.807, 2.05) is 12.1 Å². The van der Waals surface area contributed by atoms with E-state index in [-0.39, 0.29) is 5.91 Å². The summed E-state index contributed by atoms with van der Waals surface area (Å²) in [6.07, 6.45) is 3.60. The predicted molar refractivity (Wildman–Crippen MR) is 74.9 cm³/mol. The van der Waals surface area contributed by atoms with Gasteiger partial charge in [-0.3, -0.25) is 4.79 Å². The number of benzene rings is 1. The average molecular weight is 267 g/mol. The standard InChI is InChI=1S/C14H19ClN2O/c1-10-5-6-12(7-10)16-9-14(18)17-13-4-2-3-11(15)8-13/h2-4,8,10,12,16H,5-7,9H2,1H3,(H,17,18). The van der Waals surface area contributed by atoms with Gasteiger partial charge in [-0.25, -0.2) is 0 Å². The van der Waals surface area contributed by atoms with Crippen LogP contribution < -0.4 is 10.6 Å². The van der Waals surface area contributed by atoms with Gasteiger partial charge in [0.15, 0.2) is 0 Å². The summed E-state index contributed by atoms with van der Waals surface area (Å²) >= 11 is 5.86. The zero-order valence-electron chi connectivity index (χ0n) is 10.6. The lowest BCUT2D eigenvalue weighted by atomic mass is 10.1. The number of anilines is 1. The zero-order chi connectivity index (χ0) is 13.0. The second kappa shape index (κ2) is 6.21. The molecular formula is C14H19ClN2O. The Morgan fingerprint density at radius 1 is 1.44 bits per heavy atom. The molecule has 0 saturated heterocycles. The van der Waals surface area contributed by atoms with E-state index in [2.05, 4.69) is 17.6 Å². The van der Waals surface area contributed by atoms with Gasteiger partial charge in [0.2, 0.25) is 5.91 Å². The molecule has 1 aromatic carbocycles. The van der Waals surface area contributed by atoms with Gasteiger partial charge in [0.1, 0.15) is 0 Å². The van der Waals surface area contributed by atoms with Gasteiger partial charge in [0.05, 0.1) is 6.54 Å². The van der Waals surface area contributed by atoms with Crippen LogP contribution in [0.15, 0.2) is 24.3 Å². The van der Waals surface area contributed by atoms with Crippen LogP contribution in [0.25, 0.3) is 0 Å². The molecule has 1 aromatic rings. The minimum atomic E-state index is -0.0168. The topological polar surface area (TPSA) is 41.1 Å². The first kappa shape index (κ1) is 13.4. The normalized spacial score (nSPS) is 23.0. The summed E-state index contributed by atoms with van der Waals surface area (Å²) in [6.45, 7) is 2.62. The molecule has 1 aliphatic carbocycles. The quantitative estimate of drug-likeness (QED) is 0.879. The second-order valence-corrected chi connectivity index (χ2v) is 5.49. The number of hydrogen-bond acceptors (Lipinski definition) is 2. The van der Waals surface area contributed by atoms with Crippen LogP contribution in [-0.2, 0) is 4.79 Å². The Morgan fingerprint density at radius 3 is 2.94 bits per heavy atom. The Labute approximate surface area is 113 Å². The SMILES string of the molecule is CC1CCC(NCC(=O)Nc2cccc(Cl)c2)C1. The van der Waals surface area contributed by atoms with Crippen molar-refractivity contribution in [3.05, 3.63) is 29.3 Å². The maximum absolute atomic E-state index is 11.7. The van der Waals surface area contributed by atoms with Gasteiger partial charge >= 0.3 is 0 Å². The molecular weight excluding hydrogens is 248 g/mol. The third-order valence-corrected chi connectivity index (χ3v) is 3.59. The molecule has 0 aliphatic heterocycles. The van der Waals surface area contributed by atoms with Gasteiger partial charge < -0.3 is 10.6 Å². The van der Waals surface area contributed by atoms with Crippen molar-refractivity contribution in [1.29, 1.82) is 0 Å². The first-order chi connectivity index (χ1) is 8.63. The summed E-state index contributed by atoms with van der Waals surface area (Å²) < 4.78 is 0. The van der Waals surface area contributed by atoms with E-state index < -0.39 is 0 Å². The van der Waals surface area contributed by atoms with Crippen molar-refractivity contribution in [1.82, 2.24) is 5.32 Å². The molecule has 18 heavy (non-hydrogen) atoms. The summed E-state index contributed by atoms with van der Waals surface area (Å²) in [5.74, 6) is 0.760. The Morgan fingerprint density at radius 2 is 2.28 bits per heavy atom. The van der Waals surface area contributed by atoms with E-state index in [0.717, 1.165) is 11.6 Å². The van der Waals surface area contributed by atoms with E-state index >= 15 is 0 Å². The second-order valence-electron chi connectivity index (χ2n) is 5.05. The molecule has 2 rings (SSSR count). The lowest BCUT2D eigenvalue weighted by molar-refractivity contribution is -0.115. The van der Waals surface area contributed by atoms with Crippen LogP contribution in [0.1, 0.15) is 26.2 Å². The Kier molecular flexibility index (Phi) is 4.61. The van der Waals surface area contributed by atoms with Crippen LogP contribution in [0.3, 0.4) is 0 Å². The van der Waals surface area contributed by atoms with Gasteiger partial charge in [-0.1, -0.05) is 24.6 Å². The fourth-order valence-corrected chi connectivity index (χ4v) is 2.59. The number of nitrogens with one attached hydrogen (secondary N) is 2. The molecule has 0 radical (unpaired) electrons. The fourth-order valence-electron chi connectivity index (χ4n) is 2.40. The molecule has 1 fully saturated rings. The monoisotopic (exact) mass is 266 g/mol. The number of carbonyl (C=O) groups excluding carboxylic acids is 1. The molecule has 0 heterocycles.